The molecule has 0 N–H and O–H groups in total. The Morgan fingerprint density at radius 1 is 1.00 bits per heavy atom. The first-order valence-corrected chi connectivity index (χ1v) is 10.3. The van der Waals surface area contributed by atoms with E-state index in [0.29, 0.717) is 10.7 Å². The molecule has 2 amide bonds. The Morgan fingerprint density at radius 3 is 2.29 bits per heavy atom. The number of hydrogen-bond donors (Lipinski definition) is 0. The summed E-state index contributed by atoms with van der Waals surface area (Å²) in [4.78, 5) is 30.1. The summed E-state index contributed by atoms with van der Waals surface area (Å²) in [6.07, 6.45) is 0. The zero-order valence-corrected chi connectivity index (χ0v) is 17.1. The molecule has 1 atom stereocenters. The van der Waals surface area contributed by atoms with E-state index in [9.17, 15) is 9.59 Å². The molecule has 1 aliphatic rings. The van der Waals surface area contributed by atoms with Gasteiger partial charge in [0.25, 0.3) is 5.91 Å². The third-order valence-electron chi connectivity index (χ3n) is 4.99. The van der Waals surface area contributed by atoms with E-state index in [1.807, 2.05) is 48.9 Å². The first-order valence-electron chi connectivity index (χ1n) is 8.94. The Morgan fingerprint density at radius 2 is 1.68 bits per heavy atom. The molecule has 1 fully saturated rings. The van der Waals surface area contributed by atoms with Crippen molar-refractivity contribution < 1.29 is 9.59 Å². The van der Waals surface area contributed by atoms with Crippen LogP contribution in [0.15, 0.2) is 59.3 Å². The Bertz CT molecular complexity index is 1010. The molecule has 0 unspecified atom stereocenters. The number of carbonyl (C=O) groups excluding carboxylic acids is 2. The molecule has 0 bridgehead atoms. The fourth-order valence-electron chi connectivity index (χ4n) is 3.73. The molecular formula is C22H19ClN2O2S. The van der Waals surface area contributed by atoms with Gasteiger partial charge in [-0.1, -0.05) is 29.8 Å². The number of hydrogen-bond acceptors (Lipinski definition) is 3. The molecular weight excluding hydrogens is 392 g/mol. The molecule has 3 aromatic rings. The molecule has 0 radical (unpaired) electrons. The van der Waals surface area contributed by atoms with Crippen LogP contribution in [0.4, 0.5) is 11.4 Å². The molecule has 0 spiro atoms. The lowest BCUT2D eigenvalue weighted by atomic mass is 10.00. The molecule has 2 aromatic carbocycles. The van der Waals surface area contributed by atoms with Crippen molar-refractivity contribution in [2.75, 3.05) is 16.3 Å². The SMILES string of the molecule is Cc1cccc(C)c1N1CC(=O)N(c2ccc(Cl)cc2)[C@H](c2ccsc2)C1=O. The van der Waals surface area contributed by atoms with Crippen molar-refractivity contribution in [2.24, 2.45) is 0 Å². The molecule has 1 aliphatic heterocycles. The van der Waals surface area contributed by atoms with Gasteiger partial charge in [0.15, 0.2) is 0 Å². The predicted molar refractivity (Wildman–Crippen MR) is 114 cm³/mol. The molecule has 142 valence electrons. The van der Waals surface area contributed by atoms with E-state index >= 15 is 0 Å². The first-order chi connectivity index (χ1) is 13.5. The highest BCUT2D eigenvalue weighted by Crippen LogP contribution is 2.37. The van der Waals surface area contributed by atoms with E-state index in [4.69, 9.17) is 11.6 Å². The van der Waals surface area contributed by atoms with Gasteiger partial charge >= 0.3 is 0 Å². The Labute approximate surface area is 173 Å². The van der Waals surface area contributed by atoms with Gasteiger partial charge in [0, 0.05) is 10.7 Å². The van der Waals surface area contributed by atoms with Gasteiger partial charge in [0.1, 0.15) is 12.6 Å². The standard InChI is InChI=1S/C22H19ClN2O2S/c1-14-4-3-5-15(2)20(14)24-12-19(26)25(18-8-6-17(23)7-9-18)21(22(24)27)16-10-11-28-13-16/h3-11,13,21H,12H2,1-2H3/t21-/m1/s1. The number of benzene rings is 2. The summed E-state index contributed by atoms with van der Waals surface area (Å²) in [5.41, 5.74) is 4.25. The van der Waals surface area contributed by atoms with Crippen LogP contribution < -0.4 is 9.80 Å². The third-order valence-corrected chi connectivity index (χ3v) is 5.95. The molecule has 4 rings (SSSR count). The maximum absolute atomic E-state index is 13.6. The highest BCUT2D eigenvalue weighted by molar-refractivity contribution is 7.08. The number of nitrogens with zero attached hydrogens (tertiary/aromatic N) is 2. The minimum Gasteiger partial charge on any atom is -0.300 e. The van der Waals surface area contributed by atoms with E-state index in [1.165, 1.54) is 11.3 Å². The topological polar surface area (TPSA) is 40.6 Å². The number of halogens is 1. The highest BCUT2D eigenvalue weighted by Gasteiger charge is 2.42. The maximum Gasteiger partial charge on any atom is 0.255 e. The molecule has 0 saturated carbocycles. The second-order valence-electron chi connectivity index (χ2n) is 6.86. The minimum absolute atomic E-state index is 0.00773. The zero-order valence-electron chi connectivity index (χ0n) is 15.6. The van der Waals surface area contributed by atoms with Gasteiger partial charge in [-0.25, -0.2) is 0 Å². The Balaban J connectivity index is 1.83. The summed E-state index contributed by atoms with van der Waals surface area (Å²) in [6.45, 7) is 3.93. The van der Waals surface area contributed by atoms with Crippen molar-refractivity contribution in [3.05, 3.63) is 81.0 Å². The normalized spacial score (nSPS) is 17.3. The third kappa shape index (κ3) is 3.21. The van der Waals surface area contributed by atoms with Crippen LogP contribution in [-0.4, -0.2) is 18.4 Å². The molecule has 6 heteroatoms. The lowest BCUT2D eigenvalue weighted by Crippen LogP contribution is -2.56. The fourth-order valence-corrected chi connectivity index (χ4v) is 4.53. The van der Waals surface area contributed by atoms with E-state index in [1.54, 1.807) is 34.1 Å². The van der Waals surface area contributed by atoms with Crippen LogP contribution in [0.25, 0.3) is 0 Å². The Kier molecular flexibility index (Phi) is 4.96. The smallest absolute Gasteiger partial charge is 0.255 e. The second kappa shape index (κ2) is 7.41. The average molecular weight is 411 g/mol. The van der Waals surface area contributed by atoms with Gasteiger partial charge in [0.2, 0.25) is 5.91 Å². The largest absolute Gasteiger partial charge is 0.300 e. The maximum atomic E-state index is 13.6. The molecule has 2 heterocycles. The van der Waals surface area contributed by atoms with E-state index in [0.717, 1.165) is 22.4 Å². The zero-order chi connectivity index (χ0) is 19.8. The number of amides is 2. The van der Waals surface area contributed by atoms with E-state index in [2.05, 4.69) is 0 Å². The summed E-state index contributed by atoms with van der Waals surface area (Å²) in [7, 11) is 0. The van der Waals surface area contributed by atoms with Gasteiger partial charge in [-0.3, -0.25) is 14.5 Å². The monoisotopic (exact) mass is 410 g/mol. The van der Waals surface area contributed by atoms with Gasteiger partial charge in [-0.05, 0) is 71.6 Å². The summed E-state index contributed by atoms with van der Waals surface area (Å²) in [6, 6.07) is 14.1. The lowest BCUT2D eigenvalue weighted by Gasteiger charge is -2.41. The minimum atomic E-state index is -0.701. The number of carbonyl (C=O) groups is 2. The van der Waals surface area contributed by atoms with Crippen molar-refractivity contribution in [3.8, 4) is 0 Å². The van der Waals surface area contributed by atoms with Crippen LogP contribution in [0.3, 0.4) is 0 Å². The molecule has 1 aromatic heterocycles. The number of para-hydroxylation sites is 1. The van der Waals surface area contributed by atoms with E-state index < -0.39 is 6.04 Å². The number of anilines is 2. The summed E-state index contributed by atoms with van der Waals surface area (Å²) >= 11 is 7.52. The van der Waals surface area contributed by atoms with Crippen molar-refractivity contribution in [1.29, 1.82) is 0 Å². The Hall–Kier alpha value is -2.63. The van der Waals surface area contributed by atoms with Gasteiger partial charge in [-0.2, -0.15) is 11.3 Å². The van der Waals surface area contributed by atoms with Crippen LogP contribution in [-0.2, 0) is 9.59 Å². The van der Waals surface area contributed by atoms with Crippen LogP contribution in [0, 0.1) is 13.8 Å². The fraction of sp³-hybridized carbons (Fsp3) is 0.182. The second-order valence-corrected chi connectivity index (χ2v) is 8.08. The molecule has 4 nitrogen and oxygen atoms in total. The van der Waals surface area contributed by atoms with Gasteiger partial charge in [0.05, 0.1) is 5.69 Å². The average Bonchev–Trinajstić information content (AvgIpc) is 3.19. The summed E-state index contributed by atoms with van der Waals surface area (Å²) in [5.74, 6) is -0.230. The van der Waals surface area contributed by atoms with Crippen molar-refractivity contribution >= 4 is 46.1 Å². The number of rotatable bonds is 3. The first kappa shape index (κ1) is 18.7. The summed E-state index contributed by atoms with van der Waals surface area (Å²) in [5, 5.41) is 4.43. The lowest BCUT2D eigenvalue weighted by molar-refractivity contribution is -0.128. The van der Waals surface area contributed by atoms with Gasteiger partial charge < -0.3 is 4.90 Å². The van der Waals surface area contributed by atoms with Crippen molar-refractivity contribution in [1.82, 2.24) is 0 Å². The van der Waals surface area contributed by atoms with Gasteiger partial charge in [-0.15, -0.1) is 0 Å². The quantitative estimate of drug-likeness (QED) is 0.599. The molecule has 1 saturated heterocycles. The number of thiophene rings is 1. The highest BCUT2D eigenvalue weighted by atomic mass is 35.5. The molecule has 28 heavy (non-hydrogen) atoms. The predicted octanol–water partition coefficient (Wildman–Crippen LogP) is 5.14. The molecule has 0 aliphatic carbocycles. The van der Waals surface area contributed by atoms with Crippen LogP contribution in [0.5, 0.6) is 0 Å². The van der Waals surface area contributed by atoms with Crippen LogP contribution >= 0.6 is 22.9 Å². The van der Waals surface area contributed by atoms with Crippen LogP contribution in [0.1, 0.15) is 22.7 Å². The number of piperazine rings is 1. The van der Waals surface area contributed by atoms with Crippen molar-refractivity contribution in [3.63, 3.8) is 0 Å². The van der Waals surface area contributed by atoms with Crippen molar-refractivity contribution in [2.45, 2.75) is 19.9 Å². The summed E-state index contributed by atoms with van der Waals surface area (Å²) < 4.78 is 0. The number of aryl methyl sites for hydroxylation is 2. The van der Waals surface area contributed by atoms with E-state index in [-0.39, 0.29) is 18.4 Å². The van der Waals surface area contributed by atoms with Crippen LogP contribution in [0.2, 0.25) is 5.02 Å².